The average molecular weight is 413 g/mol. The Bertz CT molecular complexity index is 836. The largest absolute Gasteiger partial charge is 0.425 e. The van der Waals surface area contributed by atoms with Crippen molar-refractivity contribution in [1.82, 2.24) is 10.2 Å². The van der Waals surface area contributed by atoms with Crippen molar-refractivity contribution < 1.29 is 14.3 Å². The molecule has 5 nitrogen and oxygen atoms in total. The highest BCUT2D eigenvalue weighted by Gasteiger charge is 2.56. The van der Waals surface area contributed by atoms with E-state index in [-0.39, 0.29) is 23.2 Å². The van der Waals surface area contributed by atoms with E-state index in [2.05, 4.69) is 36.3 Å². The van der Waals surface area contributed by atoms with E-state index in [0.717, 1.165) is 13.0 Å². The Hall–Kier alpha value is -1.88. The van der Waals surface area contributed by atoms with Gasteiger partial charge in [-0.25, -0.2) is 4.79 Å². The number of hydrogen-bond acceptors (Lipinski definition) is 4. The molecule has 4 rings (SSSR count). The lowest BCUT2D eigenvalue weighted by molar-refractivity contribution is -0.140. The lowest BCUT2D eigenvalue weighted by Gasteiger charge is -2.61. The minimum absolute atomic E-state index is 0.0324. The number of fused-ring (bicyclic) bond motifs is 1. The number of ether oxygens (including phenoxy) is 1. The zero-order chi connectivity index (χ0) is 21.6. The maximum atomic E-state index is 12.8. The van der Waals surface area contributed by atoms with Gasteiger partial charge < -0.3 is 15.0 Å². The van der Waals surface area contributed by atoms with Gasteiger partial charge in [-0.2, -0.15) is 0 Å². The molecule has 1 aromatic carbocycles. The van der Waals surface area contributed by atoms with Crippen LogP contribution in [0.3, 0.4) is 0 Å². The number of carbonyl (C=O) groups excluding carboxylic acids is 2. The van der Waals surface area contributed by atoms with Gasteiger partial charge in [0.25, 0.3) is 0 Å². The molecule has 2 fully saturated rings. The Balaban J connectivity index is 1.67. The lowest BCUT2D eigenvalue weighted by Crippen LogP contribution is -2.63. The van der Waals surface area contributed by atoms with Gasteiger partial charge in [-0.15, -0.1) is 0 Å². The van der Waals surface area contributed by atoms with Crippen LogP contribution in [0, 0.1) is 17.8 Å². The third-order valence-corrected chi connectivity index (χ3v) is 8.00. The fourth-order valence-corrected chi connectivity index (χ4v) is 6.66. The molecule has 1 N–H and O–H groups in total. The number of esters is 1. The Kier molecular flexibility index (Phi) is 5.69. The molecule has 2 unspecified atom stereocenters. The van der Waals surface area contributed by atoms with Crippen LogP contribution in [0.15, 0.2) is 18.2 Å². The predicted molar refractivity (Wildman–Crippen MR) is 117 cm³/mol. The van der Waals surface area contributed by atoms with E-state index >= 15 is 0 Å². The molecule has 2 aliphatic carbocycles. The van der Waals surface area contributed by atoms with Crippen LogP contribution in [0.25, 0.3) is 0 Å². The molecule has 164 valence electrons. The summed E-state index contributed by atoms with van der Waals surface area (Å²) in [4.78, 5) is 26.9. The average Bonchev–Trinajstić information content (AvgIpc) is 2.70. The first-order valence-electron chi connectivity index (χ1n) is 11.6. The number of likely N-dealkylation sites (N-methyl/N-ethyl adjacent to an activating group) is 1. The highest BCUT2D eigenvalue weighted by Crippen LogP contribution is 2.58. The zero-order valence-corrected chi connectivity index (χ0v) is 19.0. The van der Waals surface area contributed by atoms with Crippen LogP contribution in [0.1, 0.15) is 64.5 Å². The minimum Gasteiger partial charge on any atom is -0.425 e. The van der Waals surface area contributed by atoms with E-state index in [1.54, 1.807) is 0 Å². The van der Waals surface area contributed by atoms with E-state index < -0.39 is 6.04 Å². The Labute approximate surface area is 180 Å². The van der Waals surface area contributed by atoms with Gasteiger partial charge in [-0.1, -0.05) is 39.7 Å². The molecule has 0 spiro atoms. The van der Waals surface area contributed by atoms with E-state index in [1.807, 2.05) is 19.9 Å². The maximum absolute atomic E-state index is 12.8. The van der Waals surface area contributed by atoms with E-state index in [9.17, 15) is 9.59 Å². The molecular weight excluding hydrogens is 376 g/mol. The third kappa shape index (κ3) is 3.45. The van der Waals surface area contributed by atoms with E-state index in [0.29, 0.717) is 23.6 Å². The normalized spacial score (nSPS) is 31.5. The van der Waals surface area contributed by atoms with Crippen LogP contribution < -0.4 is 10.1 Å². The second-order valence-electron chi connectivity index (χ2n) is 10.2. The second-order valence-corrected chi connectivity index (χ2v) is 10.2. The van der Waals surface area contributed by atoms with Gasteiger partial charge in [-0.3, -0.25) is 4.79 Å². The third-order valence-electron chi connectivity index (χ3n) is 8.00. The van der Waals surface area contributed by atoms with Crippen molar-refractivity contribution >= 4 is 11.9 Å². The number of carbonyl (C=O) groups is 2. The molecule has 1 aliphatic heterocycles. The Morgan fingerprint density at radius 3 is 2.73 bits per heavy atom. The quantitative estimate of drug-likeness (QED) is 0.605. The van der Waals surface area contributed by atoms with Crippen LogP contribution in [0.5, 0.6) is 5.75 Å². The smallest absolute Gasteiger partial charge is 0.334 e. The molecule has 1 heterocycles. The summed E-state index contributed by atoms with van der Waals surface area (Å²) < 4.78 is 5.81. The minimum atomic E-state index is -0.634. The highest BCUT2D eigenvalue weighted by molar-refractivity contribution is 5.84. The van der Waals surface area contributed by atoms with Crippen LogP contribution in [0.4, 0.5) is 0 Å². The van der Waals surface area contributed by atoms with E-state index in [1.165, 1.54) is 43.7 Å². The first-order valence-corrected chi connectivity index (χ1v) is 11.6. The number of likely N-dealkylation sites (tertiary alicyclic amines) is 1. The Morgan fingerprint density at radius 1 is 1.27 bits per heavy atom. The summed E-state index contributed by atoms with van der Waals surface area (Å²) in [5.74, 6) is 1.24. The van der Waals surface area contributed by atoms with Crippen LogP contribution in [-0.4, -0.2) is 42.5 Å². The van der Waals surface area contributed by atoms with Gasteiger partial charge in [0.2, 0.25) is 5.91 Å². The molecule has 1 amide bonds. The fraction of sp³-hybridized carbons (Fsp3) is 0.680. The molecule has 1 aromatic rings. The molecule has 3 aliphatic rings. The van der Waals surface area contributed by atoms with Gasteiger partial charge >= 0.3 is 5.97 Å². The van der Waals surface area contributed by atoms with Gasteiger partial charge in [-0.05, 0) is 67.3 Å². The zero-order valence-electron chi connectivity index (χ0n) is 19.0. The standard InChI is InChI=1S/C25H36N2O3/c1-15(2)23(26-17(4)28)24(29)30-19-10-9-18-12-22-20-8-6-7-11-25(20,21(18)13-19)16(3)14-27(22)5/h9-10,13,15-16,20,22-23H,6-8,11-12,14H2,1-5H3,(H,26,28)/t16-,20+,22?,23?,25-/m0/s1. The molecule has 5 atom stereocenters. The summed E-state index contributed by atoms with van der Waals surface area (Å²) in [7, 11) is 2.29. The summed E-state index contributed by atoms with van der Waals surface area (Å²) in [5, 5.41) is 2.73. The summed E-state index contributed by atoms with van der Waals surface area (Å²) in [6, 6.07) is 6.24. The SMILES string of the molecule is CC(=O)NC(C(=O)Oc1ccc2c(c1)[C@]13CCCC[C@@H]1C(C2)N(C)C[C@@H]3C)C(C)C. The number of benzene rings is 1. The van der Waals surface area contributed by atoms with Crippen molar-refractivity contribution in [1.29, 1.82) is 0 Å². The van der Waals surface area contributed by atoms with Crippen molar-refractivity contribution in [2.45, 2.75) is 77.3 Å². The predicted octanol–water partition coefficient (Wildman–Crippen LogP) is 3.69. The summed E-state index contributed by atoms with van der Waals surface area (Å²) in [6.07, 6.45) is 6.20. The Morgan fingerprint density at radius 2 is 2.03 bits per heavy atom. The van der Waals surface area contributed by atoms with Crippen molar-refractivity contribution in [3.63, 3.8) is 0 Å². The van der Waals surface area contributed by atoms with Crippen molar-refractivity contribution in [3.8, 4) is 5.75 Å². The molecular formula is C25H36N2O3. The summed E-state index contributed by atoms with van der Waals surface area (Å²) >= 11 is 0. The van der Waals surface area contributed by atoms with Crippen LogP contribution in [0.2, 0.25) is 0 Å². The highest BCUT2D eigenvalue weighted by atomic mass is 16.5. The molecule has 0 radical (unpaired) electrons. The topological polar surface area (TPSA) is 58.6 Å². The van der Waals surface area contributed by atoms with Crippen molar-refractivity contribution in [3.05, 3.63) is 29.3 Å². The number of amides is 1. The first-order chi connectivity index (χ1) is 14.2. The molecule has 1 saturated carbocycles. The van der Waals surface area contributed by atoms with Crippen molar-refractivity contribution in [2.75, 3.05) is 13.6 Å². The lowest BCUT2D eigenvalue weighted by atomic mass is 9.49. The molecule has 30 heavy (non-hydrogen) atoms. The second kappa shape index (κ2) is 7.99. The van der Waals surface area contributed by atoms with Gasteiger partial charge in [0.1, 0.15) is 11.8 Å². The van der Waals surface area contributed by atoms with Gasteiger partial charge in [0, 0.05) is 24.9 Å². The fourth-order valence-electron chi connectivity index (χ4n) is 6.66. The molecule has 0 aromatic heterocycles. The first kappa shape index (κ1) is 21.4. The van der Waals surface area contributed by atoms with Gasteiger partial charge in [0.05, 0.1) is 0 Å². The maximum Gasteiger partial charge on any atom is 0.334 e. The molecule has 1 saturated heterocycles. The number of nitrogens with one attached hydrogen (secondary N) is 1. The van der Waals surface area contributed by atoms with Gasteiger partial charge in [0.15, 0.2) is 0 Å². The molecule has 5 heteroatoms. The number of nitrogens with zero attached hydrogens (tertiary/aromatic N) is 1. The number of rotatable bonds is 4. The van der Waals surface area contributed by atoms with Crippen LogP contribution in [-0.2, 0) is 21.4 Å². The van der Waals surface area contributed by atoms with E-state index in [4.69, 9.17) is 4.74 Å². The molecule has 2 bridgehead atoms. The number of hydrogen-bond donors (Lipinski definition) is 1. The van der Waals surface area contributed by atoms with Crippen molar-refractivity contribution in [2.24, 2.45) is 17.8 Å². The monoisotopic (exact) mass is 412 g/mol. The summed E-state index contributed by atoms with van der Waals surface area (Å²) in [6.45, 7) is 8.80. The van der Waals surface area contributed by atoms with Crippen LogP contribution >= 0.6 is 0 Å². The number of piperidine rings is 1. The summed E-state index contributed by atoms with van der Waals surface area (Å²) in [5.41, 5.74) is 3.02.